The number of fused-ring (bicyclic) bond motifs is 1. The van der Waals surface area contributed by atoms with Crippen LogP contribution in [0.3, 0.4) is 0 Å². The minimum atomic E-state index is -0.731. The molecule has 2 heterocycles. The maximum Gasteiger partial charge on any atom is 0.307 e. The Kier molecular flexibility index (Phi) is 2.68. The summed E-state index contributed by atoms with van der Waals surface area (Å²) in [7, 11) is 0. The molecule has 1 aliphatic rings. The number of benzene rings is 1. The maximum absolute atomic E-state index is 11.0. The number of carbonyl (C=O) groups is 1. The van der Waals surface area contributed by atoms with Crippen LogP contribution in [-0.2, 0) is 4.79 Å². The molecule has 18 heavy (non-hydrogen) atoms. The van der Waals surface area contributed by atoms with Gasteiger partial charge in [-0.15, -0.1) is 0 Å². The largest absolute Gasteiger partial charge is 0.481 e. The average Bonchev–Trinajstić information content (AvgIpc) is 2.87. The van der Waals surface area contributed by atoms with E-state index in [1.807, 2.05) is 18.2 Å². The van der Waals surface area contributed by atoms with Crippen molar-refractivity contribution in [3.05, 3.63) is 36.2 Å². The third-order valence-electron chi connectivity index (χ3n) is 3.48. The van der Waals surface area contributed by atoms with Gasteiger partial charge in [-0.1, -0.05) is 18.2 Å². The summed E-state index contributed by atoms with van der Waals surface area (Å²) in [5.74, 6) is -1.04. The molecule has 1 aliphatic heterocycles. The number of carboxylic acid groups (broad SMARTS) is 1. The van der Waals surface area contributed by atoms with E-state index in [-0.39, 0.29) is 12.0 Å². The van der Waals surface area contributed by atoms with E-state index in [4.69, 9.17) is 5.11 Å². The Morgan fingerprint density at radius 3 is 2.94 bits per heavy atom. The number of nitrogens with one attached hydrogen (secondary N) is 1. The van der Waals surface area contributed by atoms with Crippen molar-refractivity contribution in [2.75, 3.05) is 6.54 Å². The SMILES string of the molecule is O=C(O)C1CNC(c2cccc3cnncc23)C1. The number of carboxylic acids is 1. The highest BCUT2D eigenvalue weighted by Crippen LogP contribution is 2.31. The maximum atomic E-state index is 11.0. The fourth-order valence-electron chi connectivity index (χ4n) is 2.51. The van der Waals surface area contributed by atoms with Gasteiger partial charge in [0.2, 0.25) is 0 Å². The second-order valence-corrected chi connectivity index (χ2v) is 4.57. The van der Waals surface area contributed by atoms with Gasteiger partial charge in [0.05, 0.1) is 18.3 Å². The minimum Gasteiger partial charge on any atom is -0.481 e. The van der Waals surface area contributed by atoms with E-state index in [0.29, 0.717) is 13.0 Å². The van der Waals surface area contributed by atoms with Gasteiger partial charge in [-0.3, -0.25) is 4.79 Å². The average molecular weight is 243 g/mol. The zero-order chi connectivity index (χ0) is 12.5. The molecule has 1 aromatic carbocycles. The molecular formula is C13H13N3O2. The van der Waals surface area contributed by atoms with Crippen molar-refractivity contribution in [2.24, 2.45) is 5.92 Å². The van der Waals surface area contributed by atoms with Crippen LogP contribution in [0.25, 0.3) is 10.8 Å². The molecule has 2 unspecified atom stereocenters. The molecule has 1 fully saturated rings. The predicted molar refractivity (Wildman–Crippen MR) is 66.0 cm³/mol. The lowest BCUT2D eigenvalue weighted by Gasteiger charge is -2.13. The predicted octanol–water partition coefficient (Wildman–Crippen LogP) is 1.36. The Balaban J connectivity index is 1.98. The van der Waals surface area contributed by atoms with E-state index in [9.17, 15) is 4.79 Å². The van der Waals surface area contributed by atoms with Crippen LogP contribution in [0.5, 0.6) is 0 Å². The topological polar surface area (TPSA) is 75.1 Å². The van der Waals surface area contributed by atoms with Gasteiger partial charge in [-0.25, -0.2) is 0 Å². The molecule has 5 heteroatoms. The molecule has 2 aromatic rings. The first kappa shape index (κ1) is 11.1. The summed E-state index contributed by atoms with van der Waals surface area (Å²) in [6, 6.07) is 6.05. The highest BCUT2D eigenvalue weighted by Gasteiger charge is 2.30. The van der Waals surface area contributed by atoms with E-state index in [2.05, 4.69) is 15.5 Å². The quantitative estimate of drug-likeness (QED) is 0.833. The zero-order valence-electron chi connectivity index (χ0n) is 9.71. The highest BCUT2D eigenvalue weighted by atomic mass is 16.4. The lowest BCUT2D eigenvalue weighted by atomic mass is 9.97. The molecule has 1 saturated heterocycles. The lowest BCUT2D eigenvalue weighted by Crippen LogP contribution is -2.17. The monoisotopic (exact) mass is 243 g/mol. The van der Waals surface area contributed by atoms with Gasteiger partial charge in [0.15, 0.2) is 0 Å². The van der Waals surface area contributed by atoms with E-state index >= 15 is 0 Å². The van der Waals surface area contributed by atoms with Gasteiger partial charge >= 0.3 is 5.97 Å². The van der Waals surface area contributed by atoms with Crippen LogP contribution in [0.1, 0.15) is 18.0 Å². The summed E-state index contributed by atoms with van der Waals surface area (Å²) in [6.45, 7) is 0.523. The molecule has 92 valence electrons. The second-order valence-electron chi connectivity index (χ2n) is 4.57. The number of aliphatic carboxylic acids is 1. The standard InChI is InChI=1S/C13H13N3O2/c17-13(18)9-4-12(14-5-9)10-3-1-2-8-6-15-16-7-11(8)10/h1-3,6-7,9,12,14H,4-5H2,(H,17,18). The van der Waals surface area contributed by atoms with Crippen LogP contribution in [0, 0.1) is 5.92 Å². The van der Waals surface area contributed by atoms with Crippen molar-refractivity contribution in [1.29, 1.82) is 0 Å². The number of hydrogen-bond donors (Lipinski definition) is 2. The Morgan fingerprint density at radius 1 is 1.33 bits per heavy atom. The van der Waals surface area contributed by atoms with E-state index in [1.165, 1.54) is 0 Å². The third kappa shape index (κ3) is 1.82. The van der Waals surface area contributed by atoms with Crippen molar-refractivity contribution in [1.82, 2.24) is 15.5 Å². The molecular weight excluding hydrogens is 230 g/mol. The van der Waals surface area contributed by atoms with E-state index < -0.39 is 5.97 Å². The van der Waals surface area contributed by atoms with Crippen LogP contribution >= 0.6 is 0 Å². The molecule has 3 rings (SSSR count). The normalized spacial score (nSPS) is 23.3. The first-order valence-corrected chi connectivity index (χ1v) is 5.91. The smallest absolute Gasteiger partial charge is 0.307 e. The Labute approximate surface area is 104 Å². The summed E-state index contributed by atoms with van der Waals surface area (Å²) >= 11 is 0. The molecule has 1 aromatic heterocycles. The third-order valence-corrected chi connectivity index (χ3v) is 3.48. The number of nitrogens with zero attached hydrogens (tertiary/aromatic N) is 2. The molecule has 0 saturated carbocycles. The minimum absolute atomic E-state index is 0.0824. The fourth-order valence-corrected chi connectivity index (χ4v) is 2.51. The van der Waals surface area contributed by atoms with Gasteiger partial charge in [0, 0.05) is 23.4 Å². The van der Waals surface area contributed by atoms with Gasteiger partial charge in [0.25, 0.3) is 0 Å². The van der Waals surface area contributed by atoms with Crippen LogP contribution < -0.4 is 5.32 Å². The molecule has 0 aliphatic carbocycles. The summed E-state index contributed by atoms with van der Waals surface area (Å²) in [5, 5.41) is 22.1. The second kappa shape index (κ2) is 4.34. The lowest BCUT2D eigenvalue weighted by molar-refractivity contribution is -0.141. The van der Waals surface area contributed by atoms with Crippen LogP contribution in [0.2, 0.25) is 0 Å². The molecule has 0 bridgehead atoms. The van der Waals surface area contributed by atoms with Crippen molar-refractivity contribution in [3.8, 4) is 0 Å². The van der Waals surface area contributed by atoms with Gasteiger partial charge in [0.1, 0.15) is 0 Å². The Hall–Kier alpha value is -2.01. The van der Waals surface area contributed by atoms with Gasteiger partial charge < -0.3 is 10.4 Å². The number of aromatic nitrogens is 2. The summed E-state index contributed by atoms with van der Waals surface area (Å²) in [4.78, 5) is 11.0. The van der Waals surface area contributed by atoms with Crippen LogP contribution in [0.15, 0.2) is 30.6 Å². The highest BCUT2D eigenvalue weighted by molar-refractivity contribution is 5.84. The van der Waals surface area contributed by atoms with Crippen molar-refractivity contribution in [3.63, 3.8) is 0 Å². The summed E-state index contributed by atoms with van der Waals surface area (Å²) in [6.07, 6.45) is 4.08. The van der Waals surface area contributed by atoms with Crippen LogP contribution in [-0.4, -0.2) is 27.8 Å². The molecule has 2 atom stereocenters. The molecule has 2 N–H and O–H groups in total. The van der Waals surface area contributed by atoms with Crippen molar-refractivity contribution in [2.45, 2.75) is 12.5 Å². The Bertz CT molecular complexity index is 594. The first-order chi connectivity index (χ1) is 8.75. The number of hydrogen-bond acceptors (Lipinski definition) is 4. The van der Waals surface area contributed by atoms with Crippen molar-refractivity contribution >= 4 is 16.7 Å². The fraction of sp³-hybridized carbons (Fsp3) is 0.308. The van der Waals surface area contributed by atoms with Gasteiger partial charge in [-0.2, -0.15) is 10.2 Å². The summed E-state index contributed by atoms with van der Waals surface area (Å²) in [5.41, 5.74) is 1.10. The van der Waals surface area contributed by atoms with Gasteiger partial charge in [-0.05, 0) is 12.0 Å². The molecule has 0 radical (unpaired) electrons. The summed E-state index contributed by atoms with van der Waals surface area (Å²) < 4.78 is 0. The molecule has 0 amide bonds. The number of rotatable bonds is 2. The van der Waals surface area contributed by atoms with Crippen LogP contribution in [0.4, 0.5) is 0 Å². The first-order valence-electron chi connectivity index (χ1n) is 5.91. The van der Waals surface area contributed by atoms with E-state index in [1.54, 1.807) is 12.4 Å². The molecule has 0 spiro atoms. The van der Waals surface area contributed by atoms with Crippen molar-refractivity contribution < 1.29 is 9.90 Å². The van der Waals surface area contributed by atoms with E-state index in [0.717, 1.165) is 16.3 Å². The molecule has 5 nitrogen and oxygen atoms in total. The Morgan fingerprint density at radius 2 is 2.17 bits per heavy atom. The zero-order valence-corrected chi connectivity index (χ0v) is 9.71.